The molecular weight excluding hydrogens is 286 g/mol. The molecule has 0 saturated heterocycles. The molecule has 1 heterocycles. The highest BCUT2D eigenvalue weighted by Crippen LogP contribution is 2.30. The molecule has 4 heteroatoms. The average Bonchev–Trinajstić information content (AvgIpc) is 2.54. The van der Waals surface area contributed by atoms with Crippen molar-refractivity contribution in [3.63, 3.8) is 0 Å². The number of aromatic nitrogens is 2. The molecule has 2 aromatic rings. The second-order valence-electron chi connectivity index (χ2n) is 7.13. The minimum atomic E-state index is -0.386. The minimum Gasteiger partial charge on any atom is -0.349 e. The Labute approximate surface area is 137 Å². The van der Waals surface area contributed by atoms with Gasteiger partial charge >= 0.3 is 0 Å². The summed E-state index contributed by atoms with van der Waals surface area (Å²) in [7, 11) is 0. The third-order valence-corrected chi connectivity index (χ3v) is 4.20. The highest BCUT2D eigenvalue weighted by atomic mass is 16.2. The predicted octanol–water partition coefficient (Wildman–Crippen LogP) is 3.68. The van der Waals surface area contributed by atoms with Crippen LogP contribution in [-0.4, -0.2) is 15.9 Å². The molecule has 4 nitrogen and oxygen atoms in total. The zero-order chi connectivity index (χ0) is 16.4. The van der Waals surface area contributed by atoms with E-state index in [1.807, 2.05) is 57.3 Å². The molecule has 0 unspecified atom stereocenters. The first-order chi connectivity index (χ1) is 10.9. The molecule has 1 aromatic carbocycles. The molecule has 1 aliphatic rings. The van der Waals surface area contributed by atoms with Crippen molar-refractivity contribution in [2.75, 3.05) is 0 Å². The molecule has 0 bridgehead atoms. The van der Waals surface area contributed by atoms with E-state index in [4.69, 9.17) is 4.98 Å². The molecule has 1 N–H and O–H groups in total. The molecule has 0 radical (unpaired) electrons. The molecule has 1 aromatic heterocycles. The summed E-state index contributed by atoms with van der Waals surface area (Å²) in [6.07, 6.45) is 4.81. The van der Waals surface area contributed by atoms with Crippen molar-refractivity contribution in [2.24, 2.45) is 5.41 Å². The van der Waals surface area contributed by atoms with Crippen LogP contribution < -0.4 is 5.32 Å². The maximum Gasteiger partial charge on any atom is 0.225 e. The number of nitrogens with zero attached hydrogens (tertiary/aromatic N) is 2. The van der Waals surface area contributed by atoms with Gasteiger partial charge in [-0.15, -0.1) is 0 Å². The third-order valence-electron chi connectivity index (χ3n) is 4.20. The quantitative estimate of drug-likeness (QED) is 0.920. The molecular formula is C19H23N3O. The molecule has 120 valence electrons. The van der Waals surface area contributed by atoms with Gasteiger partial charge in [-0.2, -0.15) is 0 Å². The summed E-state index contributed by atoms with van der Waals surface area (Å²) in [5.41, 5.74) is 2.76. The van der Waals surface area contributed by atoms with Crippen LogP contribution in [0.15, 0.2) is 36.5 Å². The number of carbonyl (C=O) groups excluding carboxylic acids is 1. The van der Waals surface area contributed by atoms with Gasteiger partial charge in [0.1, 0.15) is 0 Å². The second kappa shape index (κ2) is 6.11. The van der Waals surface area contributed by atoms with Crippen molar-refractivity contribution >= 4 is 5.91 Å². The van der Waals surface area contributed by atoms with E-state index in [0.717, 1.165) is 41.9 Å². The Kier molecular flexibility index (Phi) is 4.16. The zero-order valence-electron chi connectivity index (χ0n) is 14.0. The fraction of sp³-hybridized carbons (Fsp3) is 0.421. The summed E-state index contributed by atoms with van der Waals surface area (Å²) in [5, 5.41) is 3.16. The van der Waals surface area contributed by atoms with Crippen molar-refractivity contribution in [3.05, 3.63) is 47.8 Å². The Morgan fingerprint density at radius 3 is 2.65 bits per heavy atom. The topological polar surface area (TPSA) is 54.9 Å². The van der Waals surface area contributed by atoms with Gasteiger partial charge in [-0.25, -0.2) is 9.97 Å². The predicted molar refractivity (Wildman–Crippen MR) is 90.7 cm³/mol. The molecule has 0 fully saturated rings. The van der Waals surface area contributed by atoms with Crippen molar-refractivity contribution in [3.8, 4) is 11.4 Å². The first-order valence-electron chi connectivity index (χ1n) is 8.17. The summed E-state index contributed by atoms with van der Waals surface area (Å²) in [5.74, 6) is 0.828. The smallest absolute Gasteiger partial charge is 0.225 e. The molecule has 0 saturated carbocycles. The van der Waals surface area contributed by atoms with E-state index in [0.29, 0.717) is 0 Å². The highest BCUT2D eigenvalue weighted by Gasteiger charge is 2.28. The average molecular weight is 309 g/mol. The fourth-order valence-corrected chi connectivity index (χ4v) is 2.80. The normalized spacial score (nSPS) is 17.4. The number of nitrogens with one attached hydrogen (secondary N) is 1. The van der Waals surface area contributed by atoms with Crippen LogP contribution in [0.25, 0.3) is 11.4 Å². The minimum absolute atomic E-state index is 0.0234. The SMILES string of the molecule is CC(C)(C)C(=O)N[C@@H]1CCCc2nc(-c3ccccc3)ncc21. The van der Waals surface area contributed by atoms with Gasteiger partial charge in [0.25, 0.3) is 0 Å². The van der Waals surface area contributed by atoms with Gasteiger partial charge in [0, 0.05) is 28.4 Å². The molecule has 0 aliphatic heterocycles. The van der Waals surface area contributed by atoms with Gasteiger partial charge < -0.3 is 5.32 Å². The first kappa shape index (κ1) is 15.7. The monoisotopic (exact) mass is 309 g/mol. The van der Waals surface area contributed by atoms with Crippen LogP contribution in [0.5, 0.6) is 0 Å². The van der Waals surface area contributed by atoms with Crippen molar-refractivity contribution in [1.29, 1.82) is 0 Å². The lowest BCUT2D eigenvalue weighted by Crippen LogP contribution is -2.38. The first-order valence-corrected chi connectivity index (χ1v) is 8.17. The van der Waals surface area contributed by atoms with Crippen LogP contribution in [0.2, 0.25) is 0 Å². The number of amides is 1. The lowest BCUT2D eigenvalue weighted by atomic mass is 9.89. The number of aryl methyl sites for hydroxylation is 1. The molecule has 1 amide bonds. The third kappa shape index (κ3) is 3.41. The van der Waals surface area contributed by atoms with E-state index in [1.54, 1.807) is 0 Å². The number of hydrogen-bond acceptors (Lipinski definition) is 3. The number of rotatable bonds is 2. The van der Waals surface area contributed by atoms with Gasteiger partial charge in [0.2, 0.25) is 5.91 Å². The summed E-state index contributed by atoms with van der Waals surface area (Å²) in [6.45, 7) is 5.79. The van der Waals surface area contributed by atoms with Crippen LogP contribution in [0.3, 0.4) is 0 Å². The van der Waals surface area contributed by atoms with Gasteiger partial charge in [-0.05, 0) is 19.3 Å². The summed E-state index contributed by atoms with van der Waals surface area (Å²) in [6, 6.07) is 10.0. The van der Waals surface area contributed by atoms with Gasteiger partial charge in [0.05, 0.1) is 6.04 Å². The van der Waals surface area contributed by atoms with Crippen LogP contribution in [-0.2, 0) is 11.2 Å². The van der Waals surface area contributed by atoms with Gasteiger partial charge in [-0.1, -0.05) is 51.1 Å². The van der Waals surface area contributed by atoms with Gasteiger partial charge in [0.15, 0.2) is 5.82 Å². The molecule has 1 atom stereocenters. The van der Waals surface area contributed by atoms with E-state index in [9.17, 15) is 4.79 Å². The summed E-state index contributed by atoms with van der Waals surface area (Å²) in [4.78, 5) is 21.5. The Morgan fingerprint density at radius 1 is 1.22 bits per heavy atom. The lowest BCUT2D eigenvalue weighted by molar-refractivity contribution is -0.129. The van der Waals surface area contributed by atoms with E-state index < -0.39 is 0 Å². The summed E-state index contributed by atoms with van der Waals surface area (Å²) < 4.78 is 0. The number of carbonyl (C=O) groups is 1. The zero-order valence-corrected chi connectivity index (χ0v) is 14.0. The van der Waals surface area contributed by atoms with E-state index in [-0.39, 0.29) is 17.4 Å². The maximum absolute atomic E-state index is 12.3. The number of fused-ring (bicyclic) bond motifs is 1. The number of hydrogen-bond donors (Lipinski definition) is 1. The maximum atomic E-state index is 12.3. The van der Waals surface area contributed by atoms with E-state index in [2.05, 4.69) is 10.3 Å². The molecule has 3 rings (SSSR count). The van der Waals surface area contributed by atoms with Crippen LogP contribution in [0, 0.1) is 5.41 Å². The summed E-state index contributed by atoms with van der Waals surface area (Å²) >= 11 is 0. The van der Waals surface area contributed by atoms with Crippen LogP contribution >= 0.6 is 0 Å². The molecule has 0 spiro atoms. The Morgan fingerprint density at radius 2 is 1.96 bits per heavy atom. The largest absolute Gasteiger partial charge is 0.349 e. The number of benzene rings is 1. The van der Waals surface area contributed by atoms with Crippen LogP contribution in [0.1, 0.15) is 50.9 Å². The standard InChI is InChI=1S/C19H23N3O/c1-19(2,3)18(23)22-16-11-7-10-15-14(16)12-20-17(21-15)13-8-5-4-6-9-13/h4-6,8-9,12,16H,7,10-11H2,1-3H3,(H,22,23)/t16-/m1/s1. The second-order valence-corrected chi connectivity index (χ2v) is 7.13. The molecule has 23 heavy (non-hydrogen) atoms. The van der Waals surface area contributed by atoms with Gasteiger partial charge in [-0.3, -0.25) is 4.79 Å². The van der Waals surface area contributed by atoms with Crippen molar-refractivity contribution < 1.29 is 4.79 Å². The van der Waals surface area contributed by atoms with E-state index >= 15 is 0 Å². The fourth-order valence-electron chi connectivity index (χ4n) is 2.80. The Balaban J connectivity index is 1.87. The van der Waals surface area contributed by atoms with Crippen molar-refractivity contribution in [2.45, 2.75) is 46.1 Å². The van der Waals surface area contributed by atoms with Crippen LogP contribution in [0.4, 0.5) is 0 Å². The lowest BCUT2D eigenvalue weighted by Gasteiger charge is -2.28. The highest BCUT2D eigenvalue weighted by molar-refractivity contribution is 5.81. The Bertz CT molecular complexity index is 704. The van der Waals surface area contributed by atoms with E-state index in [1.165, 1.54) is 0 Å². The molecule has 1 aliphatic carbocycles. The Hall–Kier alpha value is -2.23. The van der Waals surface area contributed by atoms with Crippen molar-refractivity contribution in [1.82, 2.24) is 15.3 Å².